The molecule has 2 heterocycles. The number of hydrogen-bond acceptors (Lipinski definition) is 4. The number of fused-ring (bicyclic) bond motifs is 1. The van der Waals surface area contributed by atoms with Gasteiger partial charge >= 0.3 is 0 Å². The molecule has 1 aromatic heterocycles. The van der Waals surface area contributed by atoms with Crippen molar-refractivity contribution in [3.63, 3.8) is 0 Å². The zero-order valence-electron chi connectivity index (χ0n) is 19.1. The van der Waals surface area contributed by atoms with E-state index in [4.69, 9.17) is 14.5 Å². The highest BCUT2D eigenvalue weighted by Crippen LogP contribution is 2.34. The summed E-state index contributed by atoms with van der Waals surface area (Å²) < 4.78 is 13.9. The van der Waals surface area contributed by atoms with Gasteiger partial charge in [0.25, 0.3) is 0 Å². The van der Waals surface area contributed by atoms with Gasteiger partial charge in [0.2, 0.25) is 5.91 Å². The van der Waals surface area contributed by atoms with E-state index >= 15 is 0 Å². The Morgan fingerprint density at radius 1 is 1.22 bits per heavy atom. The van der Waals surface area contributed by atoms with Gasteiger partial charge in [0.1, 0.15) is 12.4 Å². The molecule has 3 aromatic rings. The molecule has 1 amide bonds. The Labute approximate surface area is 189 Å². The summed E-state index contributed by atoms with van der Waals surface area (Å²) in [6, 6.07) is 14.1. The van der Waals surface area contributed by atoms with Crippen molar-refractivity contribution in [1.82, 2.24) is 14.5 Å². The Bertz CT molecular complexity index is 1120. The molecule has 6 nitrogen and oxygen atoms in total. The van der Waals surface area contributed by atoms with E-state index in [1.165, 1.54) is 0 Å². The van der Waals surface area contributed by atoms with Crippen molar-refractivity contribution in [3.8, 4) is 11.5 Å². The Morgan fingerprint density at radius 2 is 2.06 bits per heavy atom. The van der Waals surface area contributed by atoms with Crippen LogP contribution < -0.4 is 9.47 Å². The summed E-state index contributed by atoms with van der Waals surface area (Å²) in [5.74, 6) is 2.57. The molecule has 1 aliphatic heterocycles. The molecular formula is C26H31N3O3. The summed E-state index contributed by atoms with van der Waals surface area (Å²) in [7, 11) is 1.66. The number of nitrogens with zero attached hydrogens (tertiary/aromatic N) is 3. The van der Waals surface area contributed by atoms with Crippen LogP contribution in [0.3, 0.4) is 0 Å². The third-order valence-electron chi connectivity index (χ3n) is 5.98. The Balaban J connectivity index is 1.58. The van der Waals surface area contributed by atoms with Gasteiger partial charge in [-0.05, 0) is 49.6 Å². The van der Waals surface area contributed by atoms with Crippen LogP contribution in [-0.2, 0) is 11.3 Å². The van der Waals surface area contributed by atoms with E-state index < -0.39 is 0 Å². The number of carbonyl (C=O) groups is 1. The summed E-state index contributed by atoms with van der Waals surface area (Å²) in [5.41, 5.74) is 3.09. The van der Waals surface area contributed by atoms with Gasteiger partial charge in [0.15, 0.2) is 11.5 Å². The van der Waals surface area contributed by atoms with Gasteiger partial charge in [0.05, 0.1) is 30.7 Å². The van der Waals surface area contributed by atoms with Crippen molar-refractivity contribution in [2.24, 2.45) is 0 Å². The van der Waals surface area contributed by atoms with Gasteiger partial charge in [-0.25, -0.2) is 4.98 Å². The van der Waals surface area contributed by atoms with Gasteiger partial charge in [-0.1, -0.05) is 37.3 Å². The number of carbonyl (C=O) groups excluding carboxylic acids is 1. The molecule has 0 aliphatic carbocycles. The predicted molar refractivity (Wildman–Crippen MR) is 127 cm³/mol. The molecule has 32 heavy (non-hydrogen) atoms. The third kappa shape index (κ3) is 4.35. The lowest BCUT2D eigenvalue weighted by Crippen LogP contribution is -2.31. The van der Waals surface area contributed by atoms with Gasteiger partial charge in [-0.2, -0.15) is 0 Å². The number of hydrogen-bond donors (Lipinski definition) is 0. The van der Waals surface area contributed by atoms with Gasteiger partial charge in [0, 0.05) is 13.0 Å². The monoisotopic (exact) mass is 433 g/mol. The number of benzene rings is 2. The quantitative estimate of drug-likeness (QED) is 0.488. The van der Waals surface area contributed by atoms with Crippen LogP contribution in [0.25, 0.3) is 17.1 Å². The largest absolute Gasteiger partial charge is 0.493 e. The normalized spacial score (nSPS) is 16.2. The number of imidazole rings is 1. The first kappa shape index (κ1) is 21.9. The Kier molecular flexibility index (Phi) is 6.78. The van der Waals surface area contributed by atoms with E-state index in [-0.39, 0.29) is 11.9 Å². The van der Waals surface area contributed by atoms with E-state index in [2.05, 4.69) is 10.6 Å². The standard InChI is InChI=1S/C26H31N3O3/c1-4-9-19-13-14-23(24(18-19)31-3)32-17-16-29-21-11-7-6-10-20(21)27-26(29)22-12-8-15-28(22)25(30)5-2/h4,6-7,9-11,13-14,18,22H,5,8,12,15-17H2,1-3H3/b9-4+/t22-/m0/s1. The van der Waals surface area contributed by atoms with Crippen LogP contribution in [0.1, 0.15) is 50.5 Å². The molecule has 0 N–H and O–H groups in total. The zero-order valence-corrected chi connectivity index (χ0v) is 19.1. The first-order valence-electron chi connectivity index (χ1n) is 11.3. The SMILES string of the molecule is C/C=C/c1ccc(OCCn2c([C@@H]3CCCN3C(=O)CC)nc3ccccc32)c(OC)c1. The predicted octanol–water partition coefficient (Wildman–Crippen LogP) is 5.23. The van der Waals surface area contributed by atoms with E-state index in [0.717, 1.165) is 47.6 Å². The van der Waals surface area contributed by atoms with Gasteiger partial charge in [-0.15, -0.1) is 0 Å². The number of allylic oxidation sites excluding steroid dienone is 1. The van der Waals surface area contributed by atoms with Crippen LogP contribution >= 0.6 is 0 Å². The highest BCUT2D eigenvalue weighted by molar-refractivity contribution is 5.78. The lowest BCUT2D eigenvalue weighted by molar-refractivity contribution is -0.131. The molecule has 0 spiro atoms. The second-order valence-corrected chi connectivity index (χ2v) is 7.97. The van der Waals surface area contributed by atoms with Crippen LogP contribution in [0, 0.1) is 0 Å². The Hall–Kier alpha value is -3.28. The van der Waals surface area contributed by atoms with Crippen LogP contribution in [0.2, 0.25) is 0 Å². The molecule has 0 unspecified atom stereocenters. The maximum Gasteiger partial charge on any atom is 0.222 e. The molecule has 1 fully saturated rings. The second-order valence-electron chi connectivity index (χ2n) is 7.97. The van der Waals surface area contributed by atoms with Gasteiger partial charge < -0.3 is 18.9 Å². The van der Waals surface area contributed by atoms with E-state index in [9.17, 15) is 4.79 Å². The number of likely N-dealkylation sites (tertiary alicyclic amines) is 1. The van der Waals surface area contributed by atoms with Crippen molar-refractivity contribution < 1.29 is 14.3 Å². The van der Waals surface area contributed by atoms with Crippen LogP contribution in [0.5, 0.6) is 11.5 Å². The number of aromatic nitrogens is 2. The summed E-state index contributed by atoms with van der Waals surface area (Å²) in [6.07, 6.45) is 6.49. The van der Waals surface area contributed by atoms with Crippen molar-refractivity contribution in [2.75, 3.05) is 20.3 Å². The lowest BCUT2D eigenvalue weighted by Gasteiger charge is -2.25. The first-order chi connectivity index (χ1) is 15.7. The maximum absolute atomic E-state index is 12.5. The molecule has 2 aromatic carbocycles. The smallest absolute Gasteiger partial charge is 0.222 e. The van der Waals surface area contributed by atoms with Crippen molar-refractivity contribution in [1.29, 1.82) is 0 Å². The highest BCUT2D eigenvalue weighted by atomic mass is 16.5. The van der Waals surface area contributed by atoms with Crippen LogP contribution in [0.4, 0.5) is 0 Å². The average Bonchev–Trinajstić information content (AvgIpc) is 3.44. The highest BCUT2D eigenvalue weighted by Gasteiger charge is 2.32. The fourth-order valence-corrected chi connectivity index (χ4v) is 4.47. The zero-order chi connectivity index (χ0) is 22.5. The molecule has 1 saturated heterocycles. The number of amides is 1. The fourth-order valence-electron chi connectivity index (χ4n) is 4.47. The topological polar surface area (TPSA) is 56.6 Å². The number of methoxy groups -OCH3 is 1. The van der Waals surface area contributed by atoms with Crippen LogP contribution in [0.15, 0.2) is 48.5 Å². The summed E-state index contributed by atoms with van der Waals surface area (Å²) >= 11 is 0. The molecule has 1 atom stereocenters. The number of ether oxygens (including phenoxy) is 2. The number of rotatable bonds is 8. The fraction of sp³-hybridized carbons (Fsp3) is 0.385. The maximum atomic E-state index is 12.5. The van der Waals surface area contributed by atoms with E-state index in [1.807, 2.05) is 67.3 Å². The van der Waals surface area contributed by atoms with Crippen LogP contribution in [-0.4, -0.2) is 40.6 Å². The summed E-state index contributed by atoms with van der Waals surface area (Å²) in [6.45, 7) is 5.82. The minimum Gasteiger partial charge on any atom is -0.493 e. The lowest BCUT2D eigenvalue weighted by atomic mass is 10.2. The van der Waals surface area contributed by atoms with Gasteiger partial charge in [-0.3, -0.25) is 4.79 Å². The molecule has 6 heteroatoms. The average molecular weight is 434 g/mol. The molecule has 168 valence electrons. The third-order valence-corrected chi connectivity index (χ3v) is 5.98. The molecule has 1 aliphatic rings. The van der Waals surface area contributed by atoms with Crippen molar-refractivity contribution in [2.45, 2.75) is 45.7 Å². The molecule has 4 rings (SSSR count). The Morgan fingerprint density at radius 3 is 2.84 bits per heavy atom. The number of para-hydroxylation sites is 2. The van der Waals surface area contributed by atoms with E-state index in [0.29, 0.717) is 25.3 Å². The molecular weight excluding hydrogens is 402 g/mol. The van der Waals surface area contributed by atoms with Crippen molar-refractivity contribution in [3.05, 3.63) is 59.9 Å². The minimum absolute atomic E-state index is 0.0181. The summed E-state index contributed by atoms with van der Waals surface area (Å²) in [4.78, 5) is 19.4. The van der Waals surface area contributed by atoms with E-state index in [1.54, 1.807) is 7.11 Å². The molecule has 0 saturated carbocycles. The summed E-state index contributed by atoms with van der Waals surface area (Å²) in [5, 5.41) is 0. The van der Waals surface area contributed by atoms with Crippen molar-refractivity contribution >= 4 is 23.0 Å². The first-order valence-corrected chi connectivity index (χ1v) is 11.3. The molecule has 0 bridgehead atoms. The molecule has 0 radical (unpaired) electrons. The minimum atomic E-state index is 0.0181. The second kappa shape index (κ2) is 9.90.